The van der Waals surface area contributed by atoms with E-state index in [-0.39, 0.29) is 19.5 Å². The molecule has 2 rings (SSSR count). The lowest BCUT2D eigenvalue weighted by Gasteiger charge is -2.21. The third-order valence-corrected chi connectivity index (χ3v) is 3.32. The molecular formula is C14H16N2O5. The van der Waals surface area contributed by atoms with E-state index in [1.54, 1.807) is 30.3 Å². The lowest BCUT2D eigenvalue weighted by Crippen LogP contribution is -2.45. The molecule has 1 aromatic rings. The Hall–Kier alpha value is -2.41. The number of aliphatic hydroxyl groups excluding tert-OH is 1. The number of nitrogens with zero attached hydrogens (tertiary/aromatic N) is 1. The monoisotopic (exact) mass is 292 g/mol. The van der Waals surface area contributed by atoms with Crippen molar-refractivity contribution in [3.05, 3.63) is 35.9 Å². The molecule has 7 nitrogen and oxygen atoms in total. The summed E-state index contributed by atoms with van der Waals surface area (Å²) in [5.41, 5.74) is 0.418. The lowest BCUT2D eigenvalue weighted by atomic mass is 10.2. The predicted molar refractivity (Wildman–Crippen MR) is 72.5 cm³/mol. The Bertz CT molecular complexity index is 546. The molecule has 1 aromatic carbocycles. The Morgan fingerprint density at radius 1 is 1.24 bits per heavy atom. The molecule has 2 amide bonds. The van der Waals surface area contributed by atoms with Gasteiger partial charge >= 0.3 is 5.97 Å². The molecule has 0 saturated carbocycles. The minimum Gasteiger partial charge on any atom is -0.480 e. The van der Waals surface area contributed by atoms with Crippen molar-refractivity contribution in [3.63, 3.8) is 0 Å². The van der Waals surface area contributed by atoms with E-state index in [4.69, 9.17) is 5.11 Å². The van der Waals surface area contributed by atoms with Crippen LogP contribution < -0.4 is 5.32 Å². The van der Waals surface area contributed by atoms with Crippen LogP contribution in [0.25, 0.3) is 0 Å². The highest BCUT2D eigenvalue weighted by atomic mass is 16.4. The zero-order valence-electron chi connectivity index (χ0n) is 11.2. The number of carboxylic acids is 1. The number of likely N-dealkylation sites (tertiary alicyclic amines) is 1. The number of hydrogen-bond acceptors (Lipinski definition) is 4. The van der Waals surface area contributed by atoms with E-state index < -0.39 is 29.9 Å². The van der Waals surface area contributed by atoms with Crippen LogP contribution in [0.3, 0.4) is 0 Å². The molecule has 0 aliphatic carbocycles. The molecule has 0 spiro atoms. The van der Waals surface area contributed by atoms with Crippen molar-refractivity contribution in [3.8, 4) is 0 Å². The number of nitrogens with one attached hydrogen (secondary N) is 1. The van der Waals surface area contributed by atoms with Gasteiger partial charge in [0.05, 0.1) is 12.6 Å². The van der Waals surface area contributed by atoms with E-state index in [1.807, 2.05) is 0 Å². The Morgan fingerprint density at radius 2 is 1.90 bits per heavy atom. The van der Waals surface area contributed by atoms with E-state index in [9.17, 15) is 19.5 Å². The molecule has 1 saturated heterocycles. The molecular weight excluding hydrogens is 276 g/mol. The van der Waals surface area contributed by atoms with Gasteiger partial charge in [-0.15, -0.1) is 0 Å². The number of aliphatic hydroxyl groups is 1. The van der Waals surface area contributed by atoms with Crippen LogP contribution in [-0.2, 0) is 9.59 Å². The molecule has 1 aliphatic heterocycles. The smallest absolute Gasteiger partial charge is 0.326 e. The van der Waals surface area contributed by atoms with Gasteiger partial charge in [-0.25, -0.2) is 4.79 Å². The van der Waals surface area contributed by atoms with Gasteiger partial charge in [-0.1, -0.05) is 18.2 Å². The van der Waals surface area contributed by atoms with Crippen LogP contribution in [-0.4, -0.2) is 58.1 Å². The summed E-state index contributed by atoms with van der Waals surface area (Å²) in [4.78, 5) is 35.9. The van der Waals surface area contributed by atoms with E-state index in [0.717, 1.165) is 4.90 Å². The first kappa shape index (κ1) is 15.0. The molecule has 3 N–H and O–H groups in total. The van der Waals surface area contributed by atoms with E-state index in [1.165, 1.54) is 0 Å². The quantitative estimate of drug-likeness (QED) is 0.691. The highest BCUT2D eigenvalue weighted by Gasteiger charge is 2.38. The SMILES string of the molecule is O=C(NCC(=O)N1C[C@H](O)C[C@@H]1C(=O)O)c1ccccc1. The van der Waals surface area contributed by atoms with E-state index in [0.29, 0.717) is 5.56 Å². The summed E-state index contributed by atoms with van der Waals surface area (Å²) in [6.45, 7) is -0.332. The molecule has 7 heteroatoms. The summed E-state index contributed by atoms with van der Waals surface area (Å²) in [5.74, 6) is -2.09. The Balaban J connectivity index is 1.92. The minimum absolute atomic E-state index is 0.00764. The standard InChI is InChI=1S/C14H16N2O5/c17-10-6-11(14(20)21)16(8-10)12(18)7-15-13(19)9-4-2-1-3-5-9/h1-5,10-11,17H,6-8H2,(H,15,19)(H,20,21)/t10-,11-/m1/s1. The third-order valence-electron chi connectivity index (χ3n) is 3.32. The fraction of sp³-hybridized carbons (Fsp3) is 0.357. The molecule has 0 aromatic heterocycles. The topological polar surface area (TPSA) is 107 Å². The molecule has 21 heavy (non-hydrogen) atoms. The van der Waals surface area contributed by atoms with Crippen molar-refractivity contribution >= 4 is 17.8 Å². The lowest BCUT2D eigenvalue weighted by molar-refractivity contribution is -0.147. The Labute approximate surface area is 121 Å². The van der Waals surface area contributed by atoms with Crippen LogP contribution in [0.5, 0.6) is 0 Å². The van der Waals surface area contributed by atoms with E-state index in [2.05, 4.69) is 5.32 Å². The molecule has 1 fully saturated rings. The molecule has 112 valence electrons. The fourth-order valence-electron chi connectivity index (χ4n) is 2.27. The number of carbonyl (C=O) groups is 3. The summed E-state index contributed by atoms with van der Waals surface area (Å²) in [6.07, 6.45) is -0.840. The maximum atomic E-state index is 12.0. The van der Waals surface area contributed by atoms with Crippen molar-refractivity contribution in [2.75, 3.05) is 13.1 Å². The predicted octanol–water partition coefficient (Wildman–Crippen LogP) is -0.537. The molecule has 0 radical (unpaired) electrons. The minimum atomic E-state index is -1.16. The summed E-state index contributed by atoms with van der Waals surface area (Å²) >= 11 is 0. The number of carbonyl (C=O) groups excluding carboxylic acids is 2. The van der Waals surface area contributed by atoms with Gasteiger partial charge in [0.2, 0.25) is 5.91 Å². The summed E-state index contributed by atoms with van der Waals surface area (Å²) in [7, 11) is 0. The fourth-order valence-corrected chi connectivity index (χ4v) is 2.27. The second kappa shape index (κ2) is 6.36. The molecule has 0 bridgehead atoms. The van der Waals surface area contributed by atoms with Crippen LogP contribution in [0.15, 0.2) is 30.3 Å². The zero-order valence-corrected chi connectivity index (χ0v) is 11.2. The van der Waals surface area contributed by atoms with Gasteiger partial charge in [-0.2, -0.15) is 0 Å². The number of amides is 2. The highest BCUT2D eigenvalue weighted by Crippen LogP contribution is 2.18. The van der Waals surface area contributed by atoms with E-state index >= 15 is 0 Å². The number of hydrogen-bond donors (Lipinski definition) is 3. The number of carboxylic acid groups (broad SMARTS) is 1. The summed E-state index contributed by atoms with van der Waals surface area (Å²) in [6, 6.07) is 7.35. The second-order valence-corrected chi connectivity index (χ2v) is 4.84. The summed E-state index contributed by atoms with van der Waals surface area (Å²) in [5, 5.41) is 20.9. The first-order chi connectivity index (χ1) is 9.99. The van der Waals surface area contributed by atoms with Crippen molar-refractivity contribution in [1.29, 1.82) is 0 Å². The van der Waals surface area contributed by atoms with Gasteiger partial charge < -0.3 is 20.4 Å². The maximum Gasteiger partial charge on any atom is 0.326 e. The largest absolute Gasteiger partial charge is 0.480 e. The molecule has 1 aliphatic rings. The van der Waals surface area contributed by atoms with Gasteiger partial charge in [0, 0.05) is 18.5 Å². The number of aliphatic carboxylic acids is 1. The summed E-state index contributed by atoms with van der Waals surface area (Å²) < 4.78 is 0. The Morgan fingerprint density at radius 3 is 2.52 bits per heavy atom. The van der Waals surface area contributed by atoms with Crippen molar-refractivity contribution in [2.45, 2.75) is 18.6 Å². The highest BCUT2D eigenvalue weighted by molar-refractivity contribution is 5.96. The Kier molecular flexibility index (Phi) is 4.54. The van der Waals surface area contributed by atoms with Gasteiger partial charge in [-0.3, -0.25) is 9.59 Å². The number of rotatable bonds is 4. The van der Waals surface area contributed by atoms with Crippen molar-refractivity contribution < 1.29 is 24.6 Å². The zero-order chi connectivity index (χ0) is 15.4. The van der Waals surface area contributed by atoms with Crippen LogP contribution in [0.2, 0.25) is 0 Å². The van der Waals surface area contributed by atoms with Gasteiger partial charge in [0.1, 0.15) is 6.04 Å². The average molecular weight is 292 g/mol. The first-order valence-electron chi connectivity index (χ1n) is 6.52. The second-order valence-electron chi connectivity index (χ2n) is 4.84. The normalized spacial score (nSPS) is 21.1. The average Bonchev–Trinajstić information content (AvgIpc) is 2.87. The van der Waals surface area contributed by atoms with Crippen LogP contribution in [0.4, 0.5) is 0 Å². The first-order valence-corrected chi connectivity index (χ1v) is 6.52. The van der Waals surface area contributed by atoms with Crippen LogP contribution in [0, 0.1) is 0 Å². The van der Waals surface area contributed by atoms with Gasteiger partial charge in [0.25, 0.3) is 5.91 Å². The van der Waals surface area contributed by atoms with Gasteiger partial charge in [0.15, 0.2) is 0 Å². The number of β-amino-alcohol motifs (C(OH)–C–C–N with tert-alkyl or cyclic N) is 1. The molecule has 1 heterocycles. The van der Waals surface area contributed by atoms with Crippen molar-refractivity contribution in [1.82, 2.24) is 10.2 Å². The van der Waals surface area contributed by atoms with Gasteiger partial charge in [-0.05, 0) is 12.1 Å². The van der Waals surface area contributed by atoms with Crippen LogP contribution >= 0.6 is 0 Å². The third kappa shape index (κ3) is 3.57. The van der Waals surface area contributed by atoms with Crippen LogP contribution in [0.1, 0.15) is 16.8 Å². The molecule has 0 unspecified atom stereocenters. The maximum absolute atomic E-state index is 12.0. The van der Waals surface area contributed by atoms with Crippen molar-refractivity contribution in [2.24, 2.45) is 0 Å². The molecule has 2 atom stereocenters. The number of benzene rings is 1.